The maximum atomic E-state index is 13.0. The molecule has 0 radical (unpaired) electrons. The molecule has 0 spiro atoms. The highest BCUT2D eigenvalue weighted by Crippen LogP contribution is 2.25. The van der Waals surface area contributed by atoms with E-state index >= 15 is 0 Å². The lowest BCUT2D eigenvalue weighted by Crippen LogP contribution is -2.16. The van der Waals surface area contributed by atoms with Gasteiger partial charge in [-0.15, -0.1) is 0 Å². The Balaban J connectivity index is 1.92. The second kappa shape index (κ2) is 7.84. The summed E-state index contributed by atoms with van der Waals surface area (Å²) >= 11 is 0. The van der Waals surface area contributed by atoms with E-state index in [0.29, 0.717) is 11.3 Å². The number of benzene rings is 3. The van der Waals surface area contributed by atoms with Gasteiger partial charge in [0, 0.05) is 5.69 Å². The highest BCUT2D eigenvalue weighted by molar-refractivity contribution is 7.93. The van der Waals surface area contributed by atoms with E-state index in [-0.39, 0.29) is 15.5 Å². The first-order valence-electron chi connectivity index (χ1n) is 8.55. The minimum Gasteiger partial charge on any atom is -0.280 e. The molecule has 3 rings (SSSR count). The number of sulfonamides is 2. The number of nitrogens with one attached hydrogen (secondary N) is 2. The first kappa shape index (κ1) is 20.8. The van der Waals surface area contributed by atoms with Gasteiger partial charge in [-0.05, 0) is 73.5 Å². The van der Waals surface area contributed by atoms with Crippen LogP contribution in [0.1, 0.15) is 11.1 Å². The van der Waals surface area contributed by atoms with Crippen molar-refractivity contribution in [3.8, 4) is 0 Å². The minimum absolute atomic E-state index is 0.0571. The van der Waals surface area contributed by atoms with Crippen LogP contribution in [-0.4, -0.2) is 16.8 Å². The molecular formula is C20H19FN2O4S2. The van der Waals surface area contributed by atoms with Crippen LogP contribution in [0, 0.1) is 19.7 Å². The average molecular weight is 435 g/mol. The maximum Gasteiger partial charge on any atom is 0.262 e. The minimum atomic E-state index is -4.00. The standard InChI is InChI=1S/C20H19FN2O4S2/c1-14-4-3-5-17(12-14)23-29(26,27)20-13-18(9-6-15(20)2)22-28(24,25)19-10-7-16(21)8-11-19/h3-13,22-23H,1-2H3. The van der Waals surface area contributed by atoms with Crippen LogP contribution in [0.2, 0.25) is 0 Å². The van der Waals surface area contributed by atoms with Crippen molar-refractivity contribution < 1.29 is 21.2 Å². The number of hydrogen-bond acceptors (Lipinski definition) is 4. The molecule has 29 heavy (non-hydrogen) atoms. The molecule has 152 valence electrons. The number of aryl methyl sites for hydroxylation is 2. The van der Waals surface area contributed by atoms with E-state index in [9.17, 15) is 21.2 Å². The monoisotopic (exact) mass is 434 g/mol. The highest BCUT2D eigenvalue weighted by atomic mass is 32.2. The lowest BCUT2D eigenvalue weighted by atomic mass is 10.2. The molecule has 0 fully saturated rings. The molecule has 9 heteroatoms. The Morgan fingerprint density at radius 3 is 2.00 bits per heavy atom. The molecule has 2 N–H and O–H groups in total. The van der Waals surface area contributed by atoms with E-state index in [1.807, 2.05) is 13.0 Å². The van der Waals surface area contributed by atoms with E-state index in [1.54, 1.807) is 25.1 Å². The van der Waals surface area contributed by atoms with Gasteiger partial charge in [-0.2, -0.15) is 0 Å². The van der Waals surface area contributed by atoms with Crippen LogP contribution >= 0.6 is 0 Å². The van der Waals surface area contributed by atoms with E-state index < -0.39 is 25.9 Å². The summed E-state index contributed by atoms with van der Waals surface area (Å²) in [5, 5.41) is 0. The van der Waals surface area contributed by atoms with E-state index in [4.69, 9.17) is 0 Å². The second-order valence-electron chi connectivity index (χ2n) is 6.51. The Hall–Kier alpha value is -2.91. The van der Waals surface area contributed by atoms with Gasteiger partial charge in [0.25, 0.3) is 20.0 Å². The number of rotatable bonds is 6. The normalized spacial score (nSPS) is 11.8. The topological polar surface area (TPSA) is 92.3 Å². The lowest BCUT2D eigenvalue weighted by molar-refractivity contribution is 0.597. The van der Waals surface area contributed by atoms with Gasteiger partial charge in [0.2, 0.25) is 0 Å². The maximum absolute atomic E-state index is 13.0. The molecule has 0 heterocycles. The first-order valence-corrected chi connectivity index (χ1v) is 11.5. The molecule has 0 aliphatic rings. The quantitative estimate of drug-likeness (QED) is 0.612. The zero-order chi connectivity index (χ0) is 21.2. The van der Waals surface area contributed by atoms with Crippen LogP contribution in [0.25, 0.3) is 0 Å². The summed E-state index contributed by atoms with van der Waals surface area (Å²) in [5.41, 5.74) is 1.82. The van der Waals surface area contributed by atoms with Crippen molar-refractivity contribution in [3.63, 3.8) is 0 Å². The van der Waals surface area contributed by atoms with Crippen LogP contribution in [-0.2, 0) is 20.0 Å². The van der Waals surface area contributed by atoms with Crippen molar-refractivity contribution in [2.45, 2.75) is 23.6 Å². The third-order valence-corrected chi connectivity index (χ3v) is 7.04. The van der Waals surface area contributed by atoms with Crippen LogP contribution in [0.4, 0.5) is 15.8 Å². The molecule has 0 saturated heterocycles. The molecule has 3 aromatic carbocycles. The fraction of sp³-hybridized carbons (Fsp3) is 0.100. The predicted molar refractivity (Wildman–Crippen MR) is 110 cm³/mol. The molecule has 3 aromatic rings. The van der Waals surface area contributed by atoms with Crippen LogP contribution in [0.15, 0.2) is 76.5 Å². The summed E-state index contributed by atoms with van der Waals surface area (Å²) in [7, 11) is -7.95. The Kier molecular flexibility index (Phi) is 5.63. The third kappa shape index (κ3) is 4.93. The third-order valence-electron chi connectivity index (χ3n) is 4.12. The van der Waals surface area contributed by atoms with Gasteiger partial charge in [-0.1, -0.05) is 18.2 Å². The molecular weight excluding hydrogens is 415 g/mol. The van der Waals surface area contributed by atoms with Gasteiger partial charge in [0.05, 0.1) is 15.5 Å². The zero-order valence-corrected chi connectivity index (χ0v) is 17.3. The second-order valence-corrected chi connectivity index (χ2v) is 9.85. The SMILES string of the molecule is Cc1cccc(NS(=O)(=O)c2cc(NS(=O)(=O)c3ccc(F)cc3)ccc2C)c1. The summed E-state index contributed by atoms with van der Waals surface area (Å²) in [6, 6.07) is 15.4. The number of hydrogen-bond donors (Lipinski definition) is 2. The summed E-state index contributed by atoms with van der Waals surface area (Å²) in [4.78, 5) is -0.194. The van der Waals surface area contributed by atoms with Gasteiger partial charge >= 0.3 is 0 Å². The fourth-order valence-electron chi connectivity index (χ4n) is 2.70. The Morgan fingerprint density at radius 2 is 1.34 bits per heavy atom. The fourth-order valence-corrected chi connectivity index (χ4v) is 5.07. The summed E-state index contributed by atoms with van der Waals surface area (Å²) < 4.78 is 68.5. The van der Waals surface area contributed by atoms with Crippen molar-refractivity contribution in [1.29, 1.82) is 0 Å². The van der Waals surface area contributed by atoms with E-state index in [2.05, 4.69) is 9.44 Å². The van der Waals surface area contributed by atoms with Gasteiger partial charge < -0.3 is 0 Å². The largest absolute Gasteiger partial charge is 0.280 e. The van der Waals surface area contributed by atoms with Gasteiger partial charge in [0.1, 0.15) is 5.82 Å². The van der Waals surface area contributed by atoms with Crippen LogP contribution in [0.3, 0.4) is 0 Å². The van der Waals surface area contributed by atoms with E-state index in [0.717, 1.165) is 29.8 Å². The molecule has 0 amide bonds. The summed E-state index contributed by atoms with van der Waals surface area (Å²) in [6.07, 6.45) is 0. The van der Waals surface area contributed by atoms with E-state index in [1.165, 1.54) is 18.2 Å². The molecule has 0 aliphatic heterocycles. The zero-order valence-electron chi connectivity index (χ0n) is 15.7. The summed E-state index contributed by atoms with van der Waals surface area (Å²) in [6.45, 7) is 3.46. The van der Waals surface area contributed by atoms with Crippen molar-refractivity contribution in [2.75, 3.05) is 9.44 Å². The lowest BCUT2D eigenvalue weighted by Gasteiger charge is -2.14. The van der Waals surface area contributed by atoms with Crippen molar-refractivity contribution in [3.05, 3.63) is 83.7 Å². The Bertz CT molecular complexity index is 1260. The average Bonchev–Trinajstić information content (AvgIpc) is 2.63. The van der Waals surface area contributed by atoms with Crippen molar-refractivity contribution in [2.24, 2.45) is 0 Å². The molecule has 0 saturated carbocycles. The number of halogens is 1. The predicted octanol–water partition coefficient (Wildman–Crippen LogP) is 4.04. The first-order chi connectivity index (χ1) is 13.6. The molecule has 0 aliphatic carbocycles. The van der Waals surface area contributed by atoms with Crippen LogP contribution in [0.5, 0.6) is 0 Å². The number of anilines is 2. The highest BCUT2D eigenvalue weighted by Gasteiger charge is 2.20. The van der Waals surface area contributed by atoms with Gasteiger partial charge in [0.15, 0.2) is 0 Å². The Morgan fingerprint density at radius 1 is 0.724 bits per heavy atom. The Labute approximate surface area is 169 Å². The molecule has 0 atom stereocenters. The molecule has 0 bridgehead atoms. The summed E-state index contributed by atoms with van der Waals surface area (Å²) in [5.74, 6) is -0.560. The smallest absolute Gasteiger partial charge is 0.262 e. The molecule has 0 aromatic heterocycles. The molecule has 6 nitrogen and oxygen atoms in total. The van der Waals surface area contributed by atoms with Crippen molar-refractivity contribution >= 4 is 31.4 Å². The van der Waals surface area contributed by atoms with Crippen LogP contribution < -0.4 is 9.44 Å². The van der Waals surface area contributed by atoms with Crippen molar-refractivity contribution in [1.82, 2.24) is 0 Å². The molecule has 0 unspecified atom stereocenters. The van der Waals surface area contributed by atoms with Gasteiger partial charge in [-0.25, -0.2) is 21.2 Å². The van der Waals surface area contributed by atoms with Gasteiger partial charge in [-0.3, -0.25) is 9.44 Å².